The molecule has 0 N–H and O–H groups in total. The zero-order chi connectivity index (χ0) is 14.2. The van der Waals surface area contributed by atoms with Gasteiger partial charge in [0.15, 0.2) is 0 Å². The zero-order valence-corrected chi connectivity index (χ0v) is 13.9. The van der Waals surface area contributed by atoms with Gasteiger partial charge >= 0.3 is 0 Å². The molecule has 0 amide bonds. The third kappa shape index (κ3) is 14.2. The van der Waals surface area contributed by atoms with Gasteiger partial charge in [0.2, 0.25) is 0 Å². The summed E-state index contributed by atoms with van der Waals surface area (Å²) in [5, 5.41) is 0. The molecule has 0 rings (SSSR count). The van der Waals surface area contributed by atoms with Crippen LogP contribution in [0.3, 0.4) is 0 Å². The van der Waals surface area contributed by atoms with Gasteiger partial charge in [-0.25, -0.2) is 0 Å². The van der Waals surface area contributed by atoms with Crippen LogP contribution in [0.25, 0.3) is 0 Å². The van der Waals surface area contributed by atoms with Gasteiger partial charge < -0.3 is 0 Å². The average Bonchev–Trinajstić information content (AvgIpc) is 2.43. The fourth-order valence-corrected chi connectivity index (χ4v) is 2.86. The number of hydrogen-bond acceptors (Lipinski definition) is 0. The van der Waals surface area contributed by atoms with E-state index >= 15 is 0 Å². The molecule has 0 aliphatic heterocycles. The molecule has 0 saturated carbocycles. The first kappa shape index (κ1) is 19.0. The summed E-state index contributed by atoms with van der Waals surface area (Å²) in [7, 11) is 0. The van der Waals surface area contributed by atoms with Crippen LogP contribution in [-0.4, -0.2) is 0 Å². The van der Waals surface area contributed by atoms with Gasteiger partial charge in [-0.2, -0.15) is 0 Å². The summed E-state index contributed by atoms with van der Waals surface area (Å²) >= 11 is 0. The fraction of sp³-hybridized carbons (Fsp3) is 0.947. The molecule has 0 aliphatic carbocycles. The Hall–Kier alpha value is 0. The third-order valence-corrected chi connectivity index (χ3v) is 4.34. The smallest absolute Gasteiger partial charge is 0.0414 e. The van der Waals surface area contributed by atoms with Crippen LogP contribution in [0.5, 0.6) is 0 Å². The summed E-state index contributed by atoms with van der Waals surface area (Å²) in [4.78, 5) is 0. The lowest BCUT2D eigenvalue weighted by Gasteiger charge is -2.14. The minimum Gasteiger partial charge on any atom is -0.0654 e. The Morgan fingerprint density at radius 2 is 0.947 bits per heavy atom. The molecular weight excluding hydrogens is 228 g/mol. The highest BCUT2D eigenvalue weighted by molar-refractivity contribution is 4.61. The minimum atomic E-state index is 0.913. The summed E-state index contributed by atoms with van der Waals surface area (Å²) in [6, 6.07) is 0. The molecule has 0 aliphatic rings. The van der Waals surface area contributed by atoms with Crippen molar-refractivity contribution in [3.8, 4) is 0 Å². The fourth-order valence-electron chi connectivity index (χ4n) is 2.86. The first-order valence-electron chi connectivity index (χ1n) is 9.14. The van der Waals surface area contributed by atoms with E-state index in [1.54, 1.807) is 0 Å². The summed E-state index contributed by atoms with van der Waals surface area (Å²) < 4.78 is 0. The van der Waals surface area contributed by atoms with Crippen LogP contribution in [0.15, 0.2) is 0 Å². The van der Waals surface area contributed by atoms with E-state index in [-0.39, 0.29) is 0 Å². The second-order valence-electron chi connectivity index (χ2n) is 6.27. The Labute approximate surface area is 123 Å². The predicted molar refractivity (Wildman–Crippen MR) is 89.5 cm³/mol. The summed E-state index contributed by atoms with van der Waals surface area (Å²) in [5.41, 5.74) is 0. The van der Waals surface area contributed by atoms with E-state index in [1.807, 2.05) is 0 Å². The van der Waals surface area contributed by atoms with Crippen LogP contribution >= 0.6 is 0 Å². The van der Waals surface area contributed by atoms with Gasteiger partial charge in [0, 0.05) is 0 Å². The van der Waals surface area contributed by atoms with Gasteiger partial charge in [-0.1, -0.05) is 117 Å². The van der Waals surface area contributed by atoms with Gasteiger partial charge in [-0.3, -0.25) is 0 Å². The van der Waals surface area contributed by atoms with Crippen molar-refractivity contribution in [2.75, 3.05) is 0 Å². The predicted octanol–water partition coefficient (Wildman–Crippen LogP) is 7.33. The Kier molecular flexibility index (Phi) is 16.1. The lowest BCUT2D eigenvalue weighted by molar-refractivity contribution is 0.408. The quantitative estimate of drug-likeness (QED) is 0.272. The maximum absolute atomic E-state index is 4.12. The van der Waals surface area contributed by atoms with Crippen molar-refractivity contribution in [1.29, 1.82) is 0 Å². The molecule has 0 fully saturated rings. The molecule has 0 aromatic carbocycles. The lowest BCUT2D eigenvalue weighted by atomic mass is 9.92. The molecule has 0 spiro atoms. The molecule has 0 heteroatoms. The number of unbranched alkanes of at least 4 members (excludes halogenated alkanes) is 10. The maximum atomic E-state index is 4.12. The Morgan fingerprint density at radius 3 is 1.42 bits per heavy atom. The standard InChI is InChI=1S/C19H39/c1-4-7-9-10-11-12-13-14-16-18-19(6-3)17-15-8-5-2/h19H,3-18H2,1-2H3. The molecule has 0 saturated heterocycles. The molecule has 0 heterocycles. The van der Waals surface area contributed by atoms with Crippen LogP contribution in [-0.2, 0) is 0 Å². The van der Waals surface area contributed by atoms with Gasteiger partial charge in [0.05, 0.1) is 0 Å². The summed E-state index contributed by atoms with van der Waals surface area (Å²) in [6.45, 7) is 8.70. The first-order valence-corrected chi connectivity index (χ1v) is 9.14. The van der Waals surface area contributed by atoms with Crippen LogP contribution in [0.2, 0.25) is 0 Å². The molecule has 115 valence electrons. The van der Waals surface area contributed by atoms with E-state index in [1.165, 1.54) is 89.9 Å². The van der Waals surface area contributed by atoms with Crippen molar-refractivity contribution in [1.82, 2.24) is 0 Å². The van der Waals surface area contributed by atoms with E-state index in [2.05, 4.69) is 20.8 Å². The average molecular weight is 268 g/mol. The number of hydrogen-bond donors (Lipinski definition) is 0. The summed E-state index contributed by atoms with van der Waals surface area (Å²) in [5.74, 6) is 0.913. The van der Waals surface area contributed by atoms with Crippen molar-refractivity contribution in [3.05, 3.63) is 6.92 Å². The molecule has 19 heavy (non-hydrogen) atoms. The van der Waals surface area contributed by atoms with E-state index < -0.39 is 0 Å². The summed E-state index contributed by atoms with van der Waals surface area (Å²) in [6.07, 6.45) is 21.2. The van der Waals surface area contributed by atoms with Gasteiger partial charge in [0.1, 0.15) is 0 Å². The molecule has 1 atom stereocenters. The molecule has 1 unspecified atom stereocenters. The normalized spacial score (nSPS) is 12.8. The van der Waals surface area contributed by atoms with Gasteiger partial charge in [0.25, 0.3) is 0 Å². The molecule has 0 aromatic heterocycles. The largest absolute Gasteiger partial charge is 0.0654 e. The van der Waals surface area contributed by atoms with E-state index in [0.29, 0.717) is 0 Å². The van der Waals surface area contributed by atoms with Gasteiger partial charge in [-0.05, 0) is 5.92 Å². The highest BCUT2D eigenvalue weighted by Crippen LogP contribution is 2.21. The molecule has 0 aromatic rings. The Balaban J connectivity index is 3.21. The maximum Gasteiger partial charge on any atom is -0.0414 e. The number of rotatable bonds is 15. The van der Waals surface area contributed by atoms with Crippen LogP contribution in [0, 0.1) is 12.8 Å². The van der Waals surface area contributed by atoms with Crippen LogP contribution in [0.1, 0.15) is 110 Å². The molecule has 1 radical (unpaired) electrons. The minimum absolute atomic E-state index is 0.913. The topological polar surface area (TPSA) is 0 Å². The second-order valence-corrected chi connectivity index (χ2v) is 6.27. The lowest BCUT2D eigenvalue weighted by Crippen LogP contribution is -1.99. The molecule has 0 nitrogen and oxygen atoms in total. The molecular formula is C19H39. The van der Waals surface area contributed by atoms with E-state index in [0.717, 1.165) is 12.3 Å². The Bertz CT molecular complexity index is 150. The van der Waals surface area contributed by atoms with Crippen molar-refractivity contribution in [3.63, 3.8) is 0 Å². The molecule has 0 bridgehead atoms. The van der Waals surface area contributed by atoms with Crippen molar-refractivity contribution in [2.45, 2.75) is 110 Å². The Morgan fingerprint density at radius 1 is 0.579 bits per heavy atom. The van der Waals surface area contributed by atoms with Crippen LogP contribution < -0.4 is 0 Å². The van der Waals surface area contributed by atoms with E-state index in [4.69, 9.17) is 0 Å². The SMILES string of the molecule is [CH2]CC(CCCCC)CCCCCCCCCCC. The highest BCUT2D eigenvalue weighted by Gasteiger charge is 2.05. The second kappa shape index (κ2) is 16.1. The highest BCUT2D eigenvalue weighted by atomic mass is 14.1. The van der Waals surface area contributed by atoms with Crippen molar-refractivity contribution < 1.29 is 0 Å². The monoisotopic (exact) mass is 267 g/mol. The van der Waals surface area contributed by atoms with E-state index in [9.17, 15) is 0 Å². The zero-order valence-electron chi connectivity index (χ0n) is 13.9. The van der Waals surface area contributed by atoms with Crippen molar-refractivity contribution >= 4 is 0 Å². The van der Waals surface area contributed by atoms with Crippen LogP contribution in [0.4, 0.5) is 0 Å². The third-order valence-electron chi connectivity index (χ3n) is 4.34. The first-order chi connectivity index (χ1) is 9.35. The van der Waals surface area contributed by atoms with Gasteiger partial charge in [-0.15, -0.1) is 0 Å². The van der Waals surface area contributed by atoms with Crippen molar-refractivity contribution in [2.24, 2.45) is 5.92 Å².